The molecule has 0 heterocycles. The number of hydrogen-bond acceptors (Lipinski definition) is 20. The van der Waals surface area contributed by atoms with Gasteiger partial charge >= 0.3 is 35.5 Å². The van der Waals surface area contributed by atoms with Gasteiger partial charge in [-0.2, -0.15) is 0 Å². The average Bonchev–Trinajstić information content (AvgIpc) is 3.34. The SMILES string of the molecule is CO[Si](CCCCCOCCCCC(=O)OCCC[N+](C)(C)CCCCS(=O)(=O)[O-])(OC)OC.CO[Si](CCCCCOCCCCC(=O)OCCC[NH+](C)CCCCC(=O)OCCCS(=O)(=O)[O-])(OC)OC. The molecule has 0 aliphatic heterocycles. The fraction of sp³-hybridized carbons (Fsp3) is 0.936. The number of quaternary nitrogens is 2. The standard InChI is InChI=1S/C25H51NO11SSi.C22H47NO9SSi/c1-26(16-8-6-14-24(27)37-21-13-22-38(29,30)31)17-12-20-36-25(28)15-7-10-19-35-18-9-5-11-23-39(32-2,33-3)34-4;1-23(2,15-8-11-20-33(25,26)27)16-13-19-32-22(24)14-7-10-18-31-17-9-6-12-21-34(28-3,29-4)30-5/h5-23H2,1-4H3,(H,29,30,31);6-21H2,1-5H3. The van der Waals surface area contributed by atoms with Crippen LogP contribution in [0.4, 0.5) is 0 Å². The second-order valence-electron chi connectivity index (χ2n) is 18.6. The molecule has 1 unspecified atom stereocenters. The molecule has 436 valence electrons. The van der Waals surface area contributed by atoms with Crippen molar-refractivity contribution in [3.05, 3.63) is 0 Å². The highest BCUT2D eigenvalue weighted by Crippen LogP contribution is 2.18. The van der Waals surface area contributed by atoms with Crippen LogP contribution in [0.2, 0.25) is 12.1 Å². The molecule has 0 aromatic heterocycles. The number of nitrogens with one attached hydrogen (secondary N) is 1. The third kappa shape index (κ3) is 47.2. The summed E-state index contributed by atoms with van der Waals surface area (Å²) in [4.78, 5) is 36.6. The molecule has 73 heavy (non-hydrogen) atoms. The van der Waals surface area contributed by atoms with Crippen molar-refractivity contribution < 1.29 is 99.9 Å². The minimum absolute atomic E-state index is 0.0216. The minimum Gasteiger partial charge on any atom is -0.748 e. The molecule has 0 saturated heterocycles. The van der Waals surface area contributed by atoms with Gasteiger partial charge in [-0.1, -0.05) is 12.8 Å². The monoisotopic (exact) mass is 1130 g/mol. The van der Waals surface area contributed by atoms with Gasteiger partial charge in [0.25, 0.3) is 0 Å². The zero-order valence-corrected chi connectivity index (χ0v) is 49.8. The Morgan fingerprint density at radius 3 is 1.18 bits per heavy atom. The van der Waals surface area contributed by atoms with Gasteiger partial charge in [0.1, 0.15) is 0 Å². The van der Waals surface area contributed by atoms with Crippen molar-refractivity contribution in [2.75, 3.05) is 148 Å². The molecule has 22 nitrogen and oxygen atoms in total. The van der Waals surface area contributed by atoms with Crippen LogP contribution in [0.25, 0.3) is 0 Å². The molecule has 0 amide bonds. The number of carbonyl (C=O) groups excluding carboxylic acids is 3. The molecule has 0 aromatic rings. The lowest BCUT2D eigenvalue weighted by atomic mass is 10.2. The van der Waals surface area contributed by atoms with Crippen LogP contribution in [0.3, 0.4) is 0 Å². The first kappa shape index (κ1) is 73.3. The Bertz CT molecular complexity index is 1580. The Morgan fingerprint density at radius 2 is 0.767 bits per heavy atom. The summed E-state index contributed by atoms with van der Waals surface area (Å²) < 4.78 is 123. The predicted octanol–water partition coefficient (Wildman–Crippen LogP) is 3.88. The molecule has 26 heteroatoms. The molecular weight excluding hydrogens is 1030 g/mol. The van der Waals surface area contributed by atoms with Gasteiger partial charge in [-0.25, -0.2) is 16.8 Å². The molecule has 0 saturated carbocycles. The summed E-state index contributed by atoms with van der Waals surface area (Å²) in [5, 5.41) is 0. The van der Waals surface area contributed by atoms with Gasteiger partial charge in [0.15, 0.2) is 0 Å². The Labute approximate surface area is 442 Å². The third-order valence-corrected chi connectivity index (χ3v) is 19.1. The van der Waals surface area contributed by atoms with Crippen molar-refractivity contribution in [3.8, 4) is 0 Å². The summed E-state index contributed by atoms with van der Waals surface area (Å²) in [7, 11) is 2.55. The topological polar surface area (TPSA) is 272 Å². The molecule has 0 rings (SSSR count). The maximum Gasteiger partial charge on any atom is 0.500 e. The highest BCUT2D eigenvalue weighted by Gasteiger charge is 2.37. The van der Waals surface area contributed by atoms with Crippen molar-refractivity contribution in [2.45, 2.75) is 141 Å². The van der Waals surface area contributed by atoms with Crippen LogP contribution in [-0.2, 0) is 84.9 Å². The van der Waals surface area contributed by atoms with E-state index in [2.05, 4.69) is 7.05 Å². The molecule has 0 spiro atoms. The van der Waals surface area contributed by atoms with Gasteiger partial charge in [-0.05, 0) is 83.5 Å². The van der Waals surface area contributed by atoms with Gasteiger partial charge in [0, 0.05) is 125 Å². The van der Waals surface area contributed by atoms with E-state index in [0.717, 1.165) is 122 Å². The summed E-state index contributed by atoms with van der Waals surface area (Å²) in [6.45, 7) is 6.74. The number of ether oxygens (including phenoxy) is 5. The summed E-state index contributed by atoms with van der Waals surface area (Å²) in [6.07, 6.45) is 14.2. The smallest absolute Gasteiger partial charge is 0.500 e. The van der Waals surface area contributed by atoms with E-state index in [1.54, 1.807) is 42.7 Å². The molecule has 0 aromatic carbocycles. The number of esters is 3. The van der Waals surface area contributed by atoms with Gasteiger partial charge in [-0.3, -0.25) is 14.4 Å². The first-order chi connectivity index (χ1) is 34.6. The van der Waals surface area contributed by atoms with Crippen LogP contribution in [-0.4, -0.2) is 214 Å². The van der Waals surface area contributed by atoms with Gasteiger partial charge in [0.05, 0.1) is 87.4 Å². The van der Waals surface area contributed by atoms with Crippen LogP contribution >= 0.6 is 0 Å². The zero-order valence-electron chi connectivity index (χ0n) is 46.2. The maximum atomic E-state index is 11.9. The molecule has 1 atom stereocenters. The van der Waals surface area contributed by atoms with E-state index in [4.69, 9.17) is 50.2 Å². The van der Waals surface area contributed by atoms with Crippen molar-refractivity contribution >= 4 is 55.8 Å². The Morgan fingerprint density at radius 1 is 0.425 bits per heavy atom. The van der Waals surface area contributed by atoms with E-state index in [1.807, 2.05) is 14.1 Å². The second-order valence-corrected chi connectivity index (χ2v) is 27.8. The molecule has 1 N–H and O–H groups in total. The van der Waals surface area contributed by atoms with Crippen LogP contribution in [0.15, 0.2) is 0 Å². The van der Waals surface area contributed by atoms with Crippen LogP contribution in [0, 0.1) is 0 Å². The van der Waals surface area contributed by atoms with Crippen molar-refractivity contribution in [3.63, 3.8) is 0 Å². The largest absolute Gasteiger partial charge is 0.748 e. The van der Waals surface area contributed by atoms with Crippen LogP contribution < -0.4 is 4.90 Å². The summed E-state index contributed by atoms with van der Waals surface area (Å²) in [5.41, 5.74) is 0. The van der Waals surface area contributed by atoms with E-state index in [9.17, 15) is 40.3 Å². The van der Waals surface area contributed by atoms with Crippen molar-refractivity contribution in [1.82, 2.24) is 0 Å². The lowest BCUT2D eigenvalue weighted by molar-refractivity contribution is -0.890. The van der Waals surface area contributed by atoms with Gasteiger partial charge in [0.2, 0.25) is 0 Å². The lowest BCUT2D eigenvalue weighted by Gasteiger charge is -2.29. The van der Waals surface area contributed by atoms with E-state index in [0.29, 0.717) is 76.2 Å². The lowest BCUT2D eigenvalue weighted by Crippen LogP contribution is -3.09. The first-order valence-corrected chi connectivity index (χ1v) is 33.0. The maximum absolute atomic E-state index is 11.9. The van der Waals surface area contributed by atoms with E-state index >= 15 is 0 Å². The number of nitrogens with zero attached hydrogens (tertiary/aromatic N) is 1. The molecule has 0 bridgehead atoms. The number of rotatable bonds is 50. The molecule has 0 aliphatic rings. The molecular formula is C47H98N2O20S2Si2. The number of hydrogen-bond donors (Lipinski definition) is 1. The second kappa shape index (κ2) is 45.3. The van der Waals surface area contributed by atoms with Crippen LogP contribution in [0.5, 0.6) is 0 Å². The summed E-state index contributed by atoms with van der Waals surface area (Å²) in [6, 6.07) is 1.59. The van der Waals surface area contributed by atoms with E-state index in [-0.39, 0.29) is 43.1 Å². The first-order valence-electron chi connectivity index (χ1n) is 26.0. The highest BCUT2D eigenvalue weighted by molar-refractivity contribution is 7.85. The summed E-state index contributed by atoms with van der Waals surface area (Å²) in [5.74, 6) is -1.58. The van der Waals surface area contributed by atoms with Gasteiger partial charge in [-0.15, -0.1) is 0 Å². The quantitative estimate of drug-likeness (QED) is 0.0226. The predicted molar refractivity (Wildman–Crippen MR) is 278 cm³/mol. The van der Waals surface area contributed by atoms with E-state index in [1.165, 1.54) is 4.90 Å². The minimum atomic E-state index is -4.27. The molecule has 0 fully saturated rings. The Hall–Kier alpha value is -1.74. The van der Waals surface area contributed by atoms with Crippen LogP contribution in [0.1, 0.15) is 128 Å². The van der Waals surface area contributed by atoms with Gasteiger partial charge < -0.3 is 68.7 Å². The third-order valence-electron chi connectivity index (χ3n) is 11.9. The molecule has 0 radical (unpaired) electrons. The normalized spacial score (nSPS) is 12.8. The highest BCUT2D eigenvalue weighted by atomic mass is 32.2. The summed E-state index contributed by atoms with van der Waals surface area (Å²) >= 11 is 0. The van der Waals surface area contributed by atoms with E-state index < -0.39 is 43.6 Å². The van der Waals surface area contributed by atoms with Crippen molar-refractivity contribution in [2.24, 2.45) is 0 Å². The Balaban J connectivity index is 0. The Kier molecular flexibility index (Phi) is 45.5. The van der Waals surface area contributed by atoms with Crippen molar-refractivity contribution in [1.29, 1.82) is 0 Å². The zero-order chi connectivity index (χ0) is 55.3. The fourth-order valence-electron chi connectivity index (χ4n) is 7.34. The fourth-order valence-corrected chi connectivity index (χ4v) is 12.0. The molecule has 0 aliphatic carbocycles. The number of carbonyl (C=O) groups is 3. The number of unbranched alkanes of at least 4 members (excludes halogenated alkanes) is 8. The average molecular weight is 1130 g/mol.